The van der Waals surface area contributed by atoms with Gasteiger partial charge in [0.1, 0.15) is 0 Å². The summed E-state index contributed by atoms with van der Waals surface area (Å²) >= 11 is 0. The van der Waals surface area contributed by atoms with Gasteiger partial charge in [0.2, 0.25) is 0 Å². The van der Waals surface area contributed by atoms with Crippen molar-refractivity contribution < 1.29 is 0 Å². The van der Waals surface area contributed by atoms with Crippen molar-refractivity contribution in [3.8, 4) is 0 Å². The van der Waals surface area contributed by atoms with Crippen molar-refractivity contribution in [2.75, 3.05) is 13.1 Å². The molecule has 1 rings (SSSR count). The lowest BCUT2D eigenvalue weighted by Crippen LogP contribution is -2.45. The van der Waals surface area contributed by atoms with Gasteiger partial charge in [-0.1, -0.05) is 11.6 Å². The Bertz CT molecular complexity index is 174. The summed E-state index contributed by atoms with van der Waals surface area (Å²) in [5.41, 5.74) is 1.95. The molecule has 12 heavy (non-hydrogen) atoms. The van der Waals surface area contributed by atoms with E-state index in [1.165, 1.54) is 25.9 Å². The van der Waals surface area contributed by atoms with E-state index in [0.717, 1.165) is 0 Å². The van der Waals surface area contributed by atoms with Gasteiger partial charge in [0.05, 0.1) is 0 Å². The third-order valence-electron chi connectivity index (χ3n) is 2.68. The Balaban J connectivity index is 2.58. The van der Waals surface area contributed by atoms with E-state index in [-0.39, 0.29) is 0 Å². The first-order valence-corrected chi connectivity index (χ1v) is 4.93. The molecule has 0 spiro atoms. The smallest absolute Gasteiger partial charge is 0.0197 e. The minimum absolute atomic E-state index is 0.342. The van der Waals surface area contributed by atoms with Gasteiger partial charge >= 0.3 is 0 Å². The van der Waals surface area contributed by atoms with E-state index < -0.39 is 0 Å². The molecule has 0 aromatic heterocycles. The number of hydrogen-bond donors (Lipinski definition) is 0. The second-order valence-electron chi connectivity index (χ2n) is 4.64. The van der Waals surface area contributed by atoms with Crippen LogP contribution < -0.4 is 0 Å². The summed E-state index contributed by atoms with van der Waals surface area (Å²) in [4.78, 5) is 2.56. The van der Waals surface area contributed by atoms with Crippen molar-refractivity contribution in [3.05, 3.63) is 11.6 Å². The van der Waals surface area contributed by atoms with Gasteiger partial charge in [-0.15, -0.1) is 0 Å². The van der Waals surface area contributed by atoms with E-state index in [2.05, 4.69) is 38.7 Å². The van der Waals surface area contributed by atoms with Crippen LogP contribution in [0.1, 0.15) is 40.5 Å². The van der Waals surface area contributed by atoms with Crippen LogP contribution in [0.5, 0.6) is 0 Å². The van der Waals surface area contributed by atoms with E-state index >= 15 is 0 Å². The zero-order chi connectivity index (χ0) is 9.19. The van der Waals surface area contributed by atoms with Crippen LogP contribution in [0.3, 0.4) is 0 Å². The molecule has 0 saturated carbocycles. The number of likely N-dealkylation sites (tertiary alicyclic amines) is 1. The lowest BCUT2D eigenvalue weighted by Gasteiger charge is -2.39. The lowest BCUT2D eigenvalue weighted by molar-refractivity contribution is 0.133. The molecule has 0 bridgehead atoms. The quantitative estimate of drug-likeness (QED) is 0.501. The molecule has 1 aliphatic rings. The molecule has 1 saturated heterocycles. The Morgan fingerprint density at radius 1 is 1.33 bits per heavy atom. The molecule has 1 heteroatoms. The van der Waals surface area contributed by atoms with E-state index in [9.17, 15) is 0 Å². The predicted octanol–water partition coefficient (Wildman–Crippen LogP) is 2.83. The Kier molecular flexibility index (Phi) is 2.94. The van der Waals surface area contributed by atoms with Crippen LogP contribution in [0, 0.1) is 0 Å². The largest absolute Gasteiger partial charge is 0.295 e. The molecule has 0 aliphatic carbocycles. The van der Waals surface area contributed by atoms with Crippen molar-refractivity contribution in [2.45, 2.75) is 46.1 Å². The normalized spacial score (nSPS) is 24.8. The molecule has 70 valence electrons. The molecule has 0 unspecified atom stereocenters. The fourth-order valence-corrected chi connectivity index (χ4v) is 1.71. The van der Waals surface area contributed by atoms with Gasteiger partial charge in [0.15, 0.2) is 0 Å². The standard InChI is InChI=1S/C11H21N/c1-5-10-7-6-8-12(9-10)11(2,3)4/h5H,6-9H2,1-4H3/b10-5+. The molecule has 1 nitrogen and oxygen atoms in total. The highest BCUT2D eigenvalue weighted by Gasteiger charge is 2.24. The Labute approximate surface area is 76.5 Å². The molecule has 0 N–H and O–H groups in total. The summed E-state index contributed by atoms with van der Waals surface area (Å²) in [5, 5.41) is 0. The maximum atomic E-state index is 2.56. The first kappa shape index (κ1) is 9.79. The highest BCUT2D eigenvalue weighted by Crippen LogP contribution is 2.22. The van der Waals surface area contributed by atoms with Gasteiger partial charge in [0, 0.05) is 12.1 Å². The number of piperidine rings is 1. The second-order valence-corrected chi connectivity index (χ2v) is 4.64. The molecule has 1 aliphatic heterocycles. The van der Waals surface area contributed by atoms with Crippen LogP contribution in [-0.2, 0) is 0 Å². The number of allylic oxidation sites excluding steroid dienone is 1. The van der Waals surface area contributed by atoms with Crippen molar-refractivity contribution in [1.82, 2.24) is 4.90 Å². The lowest BCUT2D eigenvalue weighted by atomic mass is 9.98. The van der Waals surface area contributed by atoms with Gasteiger partial charge in [-0.3, -0.25) is 4.90 Å². The maximum Gasteiger partial charge on any atom is 0.0197 e. The minimum Gasteiger partial charge on any atom is -0.295 e. The van der Waals surface area contributed by atoms with E-state index in [1.807, 2.05) is 0 Å². The third-order valence-corrected chi connectivity index (χ3v) is 2.68. The first-order valence-electron chi connectivity index (χ1n) is 4.93. The SMILES string of the molecule is C/C=C1\CCCN(C(C)(C)C)C1. The Hall–Kier alpha value is -0.300. The van der Waals surface area contributed by atoms with E-state index in [0.29, 0.717) is 5.54 Å². The second kappa shape index (κ2) is 3.61. The van der Waals surface area contributed by atoms with Gasteiger partial charge in [0.25, 0.3) is 0 Å². The van der Waals surface area contributed by atoms with Crippen molar-refractivity contribution in [1.29, 1.82) is 0 Å². The Morgan fingerprint density at radius 3 is 2.50 bits per heavy atom. The third kappa shape index (κ3) is 2.34. The fourth-order valence-electron chi connectivity index (χ4n) is 1.71. The van der Waals surface area contributed by atoms with E-state index in [4.69, 9.17) is 0 Å². The molecule has 1 heterocycles. The van der Waals surface area contributed by atoms with Crippen LogP contribution in [0.2, 0.25) is 0 Å². The molecule has 0 amide bonds. The number of hydrogen-bond acceptors (Lipinski definition) is 1. The maximum absolute atomic E-state index is 2.56. The summed E-state index contributed by atoms with van der Waals surface area (Å²) in [6.07, 6.45) is 4.91. The highest BCUT2D eigenvalue weighted by atomic mass is 15.2. The van der Waals surface area contributed by atoms with Gasteiger partial charge < -0.3 is 0 Å². The summed E-state index contributed by atoms with van der Waals surface area (Å²) in [5.74, 6) is 0. The van der Waals surface area contributed by atoms with Crippen LogP contribution in [0.25, 0.3) is 0 Å². The molecule has 0 aromatic rings. The van der Waals surface area contributed by atoms with Gasteiger partial charge in [-0.2, -0.15) is 0 Å². The van der Waals surface area contributed by atoms with Crippen molar-refractivity contribution >= 4 is 0 Å². The van der Waals surface area contributed by atoms with Crippen LogP contribution in [0.15, 0.2) is 11.6 Å². The average Bonchev–Trinajstić information content (AvgIpc) is 2.03. The zero-order valence-electron chi connectivity index (χ0n) is 8.85. The average molecular weight is 167 g/mol. The molecular weight excluding hydrogens is 146 g/mol. The Morgan fingerprint density at radius 2 is 2.00 bits per heavy atom. The highest BCUT2D eigenvalue weighted by molar-refractivity contribution is 5.07. The molecular formula is C11H21N. The predicted molar refractivity (Wildman–Crippen MR) is 54.3 cm³/mol. The minimum atomic E-state index is 0.342. The van der Waals surface area contributed by atoms with Crippen LogP contribution in [0.4, 0.5) is 0 Å². The first-order chi connectivity index (χ1) is 5.54. The zero-order valence-corrected chi connectivity index (χ0v) is 8.85. The topological polar surface area (TPSA) is 3.24 Å². The summed E-state index contributed by atoms with van der Waals surface area (Å²) < 4.78 is 0. The van der Waals surface area contributed by atoms with Gasteiger partial charge in [-0.25, -0.2) is 0 Å². The van der Waals surface area contributed by atoms with E-state index in [1.54, 1.807) is 5.57 Å². The molecule has 0 atom stereocenters. The van der Waals surface area contributed by atoms with Crippen molar-refractivity contribution in [3.63, 3.8) is 0 Å². The summed E-state index contributed by atoms with van der Waals surface area (Å²) in [6.45, 7) is 11.5. The van der Waals surface area contributed by atoms with Crippen LogP contribution >= 0.6 is 0 Å². The number of nitrogens with zero attached hydrogens (tertiary/aromatic N) is 1. The van der Waals surface area contributed by atoms with Crippen LogP contribution in [-0.4, -0.2) is 23.5 Å². The molecule has 1 fully saturated rings. The summed E-state index contributed by atoms with van der Waals surface area (Å²) in [7, 11) is 0. The van der Waals surface area contributed by atoms with Gasteiger partial charge in [-0.05, 0) is 47.1 Å². The van der Waals surface area contributed by atoms with Crippen molar-refractivity contribution in [2.24, 2.45) is 0 Å². The summed E-state index contributed by atoms with van der Waals surface area (Å²) in [6, 6.07) is 0. The molecule has 0 aromatic carbocycles. The number of rotatable bonds is 0. The molecule has 0 radical (unpaired) electrons. The fraction of sp³-hybridized carbons (Fsp3) is 0.818. The monoisotopic (exact) mass is 167 g/mol.